The van der Waals surface area contributed by atoms with Crippen LogP contribution in [0.3, 0.4) is 0 Å². The average Bonchev–Trinajstić information content (AvgIpc) is 2.55. The van der Waals surface area contributed by atoms with Crippen LogP contribution in [0.1, 0.15) is 37.9 Å². The zero-order valence-electron chi connectivity index (χ0n) is 11.5. The lowest BCUT2D eigenvalue weighted by atomic mass is 10.0. The molecule has 0 radical (unpaired) electrons. The number of rotatable bonds is 7. The molecular formula is C13H21ClN2O2. The number of ether oxygens (including phenoxy) is 1. The maximum Gasteiger partial charge on any atom is 0.166 e. The Balaban J connectivity index is 2.78. The van der Waals surface area contributed by atoms with E-state index in [0.29, 0.717) is 18.2 Å². The number of nitrogens with zero attached hydrogens (tertiary/aromatic N) is 2. The van der Waals surface area contributed by atoms with Crippen LogP contribution in [0, 0.1) is 6.92 Å². The Morgan fingerprint density at radius 3 is 2.61 bits per heavy atom. The van der Waals surface area contributed by atoms with E-state index in [-0.39, 0.29) is 11.9 Å². The van der Waals surface area contributed by atoms with Gasteiger partial charge >= 0.3 is 0 Å². The van der Waals surface area contributed by atoms with E-state index in [2.05, 4.69) is 5.10 Å². The van der Waals surface area contributed by atoms with Gasteiger partial charge in [-0.1, -0.05) is 24.9 Å². The standard InChI is InChI=1S/C13H21ClN2O2/c1-5-7-12(18-6-2)11(17)8-10-9(3)15-16(4)13(10)14/h12H,5-8H2,1-4H3. The highest BCUT2D eigenvalue weighted by molar-refractivity contribution is 6.30. The van der Waals surface area contributed by atoms with Crippen LogP contribution in [0.15, 0.2) is 0 Å². The molecule has 1 atom stereocenters. The van der Waals surface area contributed by atoms with Crippen LogP contribution in [0.5, 0.6) is 0 Å². The number of hydrogen-bond acceptors (Lipinski definition) is 3. The number of aromatic nitrogens is 2. The summed E-state index contributed by atoms with van der Waals surface area (Å²) in [6.45, 7) is 6.36. The minimum Gasteiger partial charge on any atom is -0.371 e. The van der Waals surface area contributed by atoms with Crippen LogP contribution >= 0.6 is 11.6 Å². The summed E-state index contributed by atoms with van der Waals surface area (Å²) < 4.78 is 7.08. The zero-order chi connectivity index (χ0) is 13.7. The third-order valence-electron chi connectivity index (χ3n) is 2.90. The van der Waals surface area contributed by atoms with Crippen molar-refractivity contribution in [3.05, 3.63) is 16.4 Å². The Morgan fingerprint density at radius 1 is 1.50 bits per heavy atom. The molecule has 1 heterocycles. The Labute approximate surface area is 113 Å². The molecule has 0 bridgehead atoms. The molecule has 1 unspecified atom stereocenters. The van der Waals surface area contributed by atoms with Crippen LogP contribution < -0.4 is 0 Å². The minimum atomic E-state index is -0.323. The molecular weight excluding hydrogens is 252 g/mol. The van der Waals surface area contributed by atoms with E-state index in [0.717, 1.165) is 24.1 Å². The van der Waals surface area contributed by atoms with E-state index < -0.39 is 0 Å². The van der Waals surface area contributed by atoms with Gasteiger partial charge in [-0.2, -0.15) is 5.10 Å². The van der Waals surface area contributed by atoms with E-state index >= 15 is 0 Å². The molecule has 1 aromatic rings. The molecule has 0 fully saturated rings. The van der Waals surface area contributed by atoms with Crippen molar-refractivity contribution >= 4 is 17.4 Å². The third kappa shape index (κ3) is 3.56. The van der Waals surface area contributed by atoms with Crippen molar-refractivity contribution in [3.8, 4) is 0 Å². The zero-order valence-corrected chi connectivity index (χ0v) is 12.3. The van der Waals surface area contributed by atoms with E-state index in [1.54, 1.807) is 11.7 Å². The predicted molar refractivity (Wildman–Crippen MR) is 72.0 cm³/mol. The Hall–Kier alpha value is -0.870. The molecule has 1 rings (SSSR count). The van der Waals surface area contributed by atoms with Crippen LogP contribution in [0.2, 0.25) is 5.15 Å². The first-order valence-electron chi connectivity index (χ1n) is 6.33. The van der Waals surface area contributed by atoms with Crippen molar-refractivity contribution in [2.24, 2.45) is 7.05 Å². The molecule has 0 amide bonds. The van der Waals surface area contributed by atoms with Gasteiger partial charge < -0.3 is 4.74 Å². The quantitative estimate of drug-likeness (QED) is 0.767. The monoisotopic (exact) mass is 272 g/mol. The molecule has 0 spiro atoms. The lowest BCUT2D eigenvalue weighted by Crippen LogP contribution is -2.26. The molecule has 1 aromatic heterocycles. The van der Waals surface area contributed by atoms with Crippen molar-refractivity contribution < 1.29 is 9.53 Å². The van der Waals surface area contributed by atoms with E-state index in [1.165, 1.54) is 0 Å². The van der Waals surface area contributed by atoms with Gasteiger partial charge in [0.1, 0.15) is 11.3 Å². The number of ketones is 1. The summed E-state index contributed by atoms with van der Waals surface area (Å²) in [5.74, 6) is 0.0803. The van der Waals surface area contributed by atoms with Gasteiger partial charge in [-0.3, -0.25) is 9.48 Å². The molecule has 0 saturated heterocycles. The first-order chi connectivity index (χ1) is 8.51. The molecule has 0 aliphatic carbocycles. The smallest absolute Gasteiger partial charge is 0.166 e. The van der Waals surface area contributed by atoms with E-state index in [9.17, 15) is 4.79 Å². The summed E-state index contributed by atoms with van der Waals surface area (Å²) in [5.41, 5.74) is 1.62. The van der Waals surface area contributed by atoms with Crippen LogP contribution in [-0.2, 0) is 23.0 Å². The normalized spacial score (nSPS) is 12.7. The summed E-state index contributed by atoms with van der Waals surface area (Å²) in [4.78, 5) is 12.2. The number of halogens is 1. The second-order valence-corrected chi connectivity index (χ2v) is 4.71. The predicted octanol–water partition coefficient (Wildman–Crippen LogP) is 2.70. The van der Waals surface area contributed by atoms with Gasteiger partial charge in [0.2, 0.25) is 0 Å². The maximum atomic E-state index is 12.2. The maximum absolute atomic E-state index is 12.2. The second-order valence-electron chi connectivity index (χ2n) is 4.35. The first kappa shape index (κ1) is 15.2. The molecule has 102 valence electrons. The van der Waals surface area contributed by atoms with Crippen molar-refractivity contribution in [2.45, 2.75) is 46.1 Å². The largest absolute Gasteiger partial charge is 0.371 e. The molecule has 0 aliphatic heterocycles. The number of carbonyl (C=O) groups is 1. The van der Waals surface area contributed by atoms with E-state index in [4.69, 9.17) is 16.3 Å². The first-order valence-corrected chi connectivity index (χ1v) is 6.71. The summed E-state index contributed by atoms with van der Waals surface area (Å²) in [5, 5.41) is 4.74. The van der Waals surface area contributed by atoms with Gasteiger partial charge in [-0.15, -0.1) is 0 Å². The Morgan fingerprint density at radius 2 is 2.17 bits per heavy atom. The van der Waals surface area contributed by atoms with Crippen molar-refractivity contribution in [3.63, 3.8) is 0 Å². The topological polar surface area (TPSA) is 44.1 Å². The Bertz CT molecular complexity index is 409. The molecule has 0 aromatic carbocycles. The van der Waals surface area contributed by atoms with Gasteiger partial charge in [0.25, 0.3) is 0 Å². The van der Waals surface area contributed by atoms with Gasteiger partial charge in [0.05, 0.1) is 5.69 Å². The van der Waals surface area contributed by atoms with Gasteiger partial charge in [-0.25, -0.2) is 0 Å². The second kappa shape index (κ2) is 6.90. The fraction of sp³-hybridized carbons (Fsp3) is 0.692. The summed E-state index contributed by atoms with van der Waals surface area (Å²) >= 11 is 6.12. The fourth-order valence-corrected chi connectivity index (χ4v) is 2.20. The summed E-state index contributed by atoms with van der Waals surface area (Å²) in [6, 6.07) is 0. The Kier molecular flexibility index (Phi) is 5.82. The van der Waals surface area contributed by atoms with Crippen LogP contribution in [-0.4, -0.2) is 28.3 Å². The molecule has 0 aliphatic rings. The molecule has 5 heteroatoms. The molecule has 18 heavy (non-hydrogen) atoms. The highest BCUT2D eigenvalue weighted by Crippen LogP contribution is 2.20. The number of carbonyl (C=O) groups excluding carboxylic acids is 1. The van der Waals surface area contributed by atoms with E-state index in [1.807, 2.05) is 20.8 Å². The third-order valence-corrected chi connectivity index (χ3v) is 3.37. The lowest BCUT2D eigenvalue weighted by Gasteiger charge is -2.14. The summed E-state index contributed by atoms with van der Waals surface area (Å²) in [7, 11) is 1.77. The SMILES string of the molecule is CCCC(OCC)C(=O)Cc1c(C)nn(C)c1Cl. The number of Topliss-reactive ketones (excluding diaryl/α,β-unsaturated/α-hetero) is 1. The van der Waals surface area contributed by atoms with Gasteiger partial charge in [0, 0.05) is 25.6 Å². The highest BCUT2D eigenvalue weighted by atomic mass is 35.5. The van der Waals surface area contributed by atoms with Crippen molar-refractivity contribution in [2.75, 3.05) is 6.61 Å². The fourth-order valence-electron chi connectivity index (χ4n) is 1.96. The van der Waals surface area contributed by atoms with Crippen LogP contribution in [0.4, 0.5) is 0 Å². The van der Waals surface area contributed by atoms with Crippen molar-refractivity contribution in [1.82, 2.24) is 9.78 Å². The lowest BCUT2D eigenvalue weighted by molar-refractivity contribution is -0.130. The molecule has 0 saturated carbocycles. The average molecular weight is 273 g/mol. The number of aryl methyl sites for hydroxylation is 2. The van der Waals surface area contributed by atoms with Gasteiger partial charge in [-0.05, 0) is 20.3 Å². The minimum absolute atomic E-state index is 0.0803. The van der Waals surface area contributed by atoms with Crippen LogP contribution in [0.25, 0.3) is 0 Å². The molecule has 4 nitrogen and oxygen atoms in total. The van der Waals surface area contributed by atoms with Gasteiger partial charge in [0.15, 0.2) is 5.78 Å². The number of hydrogen-bond donors (Lipinski definition) is 0. The summed E-state index contributed by atoms with van der Waals surface area (Å²) in [6.07, 6.45) is 1.65. The molecule has 0 N–H and O–H groups in total. The highest BCUT2D eigenvalue weighted by Gasteiger charge is 2.21. The van der Waals surface area contributed by atoms with Crippen molar-refractivity contribution in [1.29, 1.82) is 0 Å².